The Hall–Kier alpha value is -1.76. The van der Waals surface area contributed by atoms with Crippen molar-refractivity contribution in [1.82, 2.24) is 0 Å². The molecule has 0 N–H and O–H groups in total. The van der Waals surface area contributed by atoms with Crippen LogP contribution in [0, 0.1) is 0 Å². The zero-order chi connectivity index (χ0) is 18.4. The molecule has 1 unspecified atom stereocenters. The van der Waals surface area contributed by atoms with Crippen LogP contribution in [0.4, 0.5) is 13.2 Å². The number of halogens is 3. The Labute approximate surface area is 141 Å². The second-order valence-corrected chi connectivity index (χ2v) is 12.2. The molecule has 0 aromatic heterocycles. The minimum absolute atomic E-state index is 0.193. The van der Waals surface area contributed by atoms with E-state index in [1.807, 2.05) is 6.08 Å². The first-order chi connectivity index (χ1) is 11.0. The second kappa shape index (κ2) is 8.37. The summed E-state index contributed by atoms with van der Waals surface area (Å²) >= 11 is 0. The first-order valence-electron chi connectivity index (χ1n) is 7.59. The van der Waals surface area contributed by atoms with Crippen molar-refractivity contribution in [2.45, 2.75) is 44.4 Å². The van der Waals surface area contributed by atoms with Crippen LogP contribution < -0.4 is 4.74 Å². The second-order valence-electron chi connectivity index (χ2n) is 6.64. The number of hydrogen-bond donors (Lipinski definition) is 0. The molecule has 0 radical (unpaired) electrons. The van der Waals surface area contributed by atoms with Crippen LogP contribution in [0.1, 0.15) is 18.1 Å². The van der Waals surface area contributed by atoms with Gasteiger partial charge in [-0.15, -0.1) is 0 Å². The Balaban J connectivity index is 2.88. The molecule has 0 bridgehead atoms. The van der Waals surface area contributed by atoms with E-state index >= 15 is 0 Å². The van der Waals surface area contributed by atoms with Gasteiger partial charge in [0.15, 0.2) is 0 Å². The number of carbonyl (C=O) groups is 1. The van der Waals surface area contributed by atoms with Crippen molar-refractivity contribution in [2.24, 2.45) is 0 Å². The van der Waals surface area contributed by atoms with Crippen LogP contribution in [0.15, 0.2) is 36.4 Å². The molecule has 0 saturated carbocycles. The lowest BCUT2D eigenvalue weighted by Gasteiger charge is -2.18. The van der Waals surface area contributed by atoms with E-state index in [1.165, 1.54) is 7.11 Å². The van der Waals surface area contributed by atoms with Gasteiger partial charge in [0, 0.05) is 14.5 Å². The standard InChI is InChI=1S/C17H23F3O3Si/c1-22-14-10-8-13(9-11-14)15(23-16(21)17(18,19)20)7-5-6-12-24(2,3)4/h5-6,8-11,15H,7,12H2,1-4H3/b6-5+. The number of rotatable bonds is 7. The SMILES string of the molecule is COc1ccc(C(C/C=C/C[Si](C)(C)C)OC(=O)C(F)(F)F)cc1. The van der Waals surface area contributed by atoms with E-state index in [-0.39, 0.29) is 6.42 Å². The maximum absolute atomic E-state index is 12.5. The van der Waals surface area contributed by atoms with Gasteiger partial charge >= 0.3 is 12.1 Å². The fourth-order valence-corrected chi connectivity index (χ4v) is 2.80. The summed E-state index contributed by atoms with van der Waals surface area (Å²) in [5, 5.41) is 0. The van der Waals surface area contributed by atoms with Crippen LogP contribution in [-0.4, -0.2) is 27.3 Å². The maximum Gasteiger partial charge on any atom is 0.490 e. The number of carbonyl (C=O) groups excluding carboxylic acids is 1. The zero-order valence-corrected chi connectivity index (χ0v) is 15.3. The summed E-state index contributed by atoms with van der Waals surface area (Å²) in [5.74, 6) is -1.60. The highest BCUT2D eigenvalue weighted by Gasteiger charge is 2.42. The van der Waals surface area contributed by atoms with Crippen molar-refractivity contribution in [3.8, 4) is 5.75 Å². The van der Waals surface area contributed by atoms with Crippen molar-refractivity contribution in [3.63, 3.8) is 0 Å². The quantitative estimate of drug-likeness (QED) is 0.384. The molecule has 1 atom stereocenters. The fourth-order valence-electron chi connectivity index (χ4n) is 1.92. The minimum Gasteiger partial charge on any atom is -0.497 e. The highest BCUT2D eigenvalue weighted by Crippen LogP contribution is 2.28. The molecule has 0 aliphatic rings. The van der Waals surface area contributed by atoms with Crippen molar-refractivity contribution in [2.75, 3.05) is 7.11 Å². The summed E-state index contributed by atoms with van der Waals surface area (Å²) in [6.45, 7) is 6.59. The van der Waals surface area contributed by atoms with Crippen LogP contribution >= 0.6 is 0 Å². The Morgan fingerprint density at radius 2 is 1.75 bits per heavy atom. The van der Waals surface area contributed by atoms with Crippen LogP contribution in [0.5, 0.6) is 5.75 Å². The molecule has 0 heterocycles. The smallest absolute Gasteiger partial charge is 0.490 e. The number of alkyl halides is 3. The Morgan fingerprint density at radius 3 is 2.21 bits per heavy atom. The highest BCUT2D eigenvalue weighted by atomic mass is 28.3. The van der Waals surface area contributed by atoms with Crippen LogP contribution in [0.25, 0.3) is 0 Å². The molecule has 134 valence electrons. The molecular weight excluding hydrogens is 337 g/mol. The molecule has 24 heavy (non-hydrogen) atoms. The number of hydrogen-bond acceptors (Lipinski definition) is 3. The van der Waals surface area contributed by atoms with Gasteiger partial charge in [0.1, 0.15) is 11.9 Å². The van der Waals surface area contributed by atoms with Gasteiger partial charge in [0.25, 0.3) is 0 Å². The molecule has 0 saturated heterocycles. The molecule has 7 heteroatoms. The molecule has 3 nitrogen and oxygen atoms in total. The topological polar surface area (TPSA) is 35.5 Å². The van der Waals surface area contributed by atoms with Crippen molar-refractivity contribution >= 4 is 14.0 Å². The van der Waals surface area contributed by atoms with Crippen LogP contribution in [0.2, 0.25) is 25.7 Å². The van der Waals surface area contributed by atoms with E-state index in [0.717, 1.165) is 6.04 Å². The predicted molar refractivity (Wildman–Crippen MR) is 89.8 cm³/mol. The van der Waals surface area contributed by atoms with Gasteiger partial charge in [-0.1, -0.05) is 43.9 Å². The van der Waals surface area contributed by atoms with Gasteiger partial charge < -0.3 is 9.47 Å². The maximum atomic E-state index is 12.5. The third kappa shape index (κ3) is 7.21. The number of allylic oxidation sites excluding steroid dienone is 1. The normalized spacial score (nSPS) is 13.8. The first kappa shape index (κ1) is 20.3. The minimum atomic E-state index is -5.01. The lowest BCUT2D eigenvalue weighted by atomic mass is 10.1. The molecular formula is C17H23F3O3Si. The average Bonchev–Trinajstić information content (AvgIpc) is 2.48. The molecule has 1 rings (SSSR count). The van der Waals surface area contributed by atoms with Crippen LogP contribution in [-0.2, 0) is 9.53 Å². The third-order valence-electron chi connectivity index (χ3n) is 3.22. The van der Waals surface area contributed by atoms with Gasteiger partial charge in [-0.25, -0.2) is 4.79 Å². The van der Waals surface area contributed by atoms with Crippen molar-refractivity contribution in [3.05, 3.63) is 42.0 Å². The number of esters is 1. The molecule has 1 aromatic rings. The fraction of sp³-hybridized carbons (Fsp3) is 0.471. The van der Waals surface area contributed by atoms with E-state index in [9.17, 15) is 18.0 Å². The summed E-state index contributed by atoms with van der Waals surface area (Å²) in [5.41, 5.74) is 0.492. The van der Waals surface area contributed by atoms with Crippen LogP contribution in [0.3, 0.4) is 0 Å². The van der Waals surface area contributed by atoms with E-state index in [2.05, 4.69) is 24.4 Å². The average molecular weight is 360 g/mol. The van der Waals surface area contributed by atoms with E-state index in [0.29, 0.717) is 11.3 Å². The Bertz CT molecular complexity index is 560. The van der Waals surface area contributed by atoms with Gasteiger partial charge in [-0.3, -0.25) is 0 Å². The van der Waals surface area contributed by atoms with Gasteiger partial charge in [-0.2, -0.15) is 13.2 Å². The van der Waals surface area contributed by atoms with E-state index in [1.54, 1.807) is 30.3 Å². The molecule has 0 spiro atoms. The third-order valence-corrected chi connectivity index (χ3v) is 4.68. The van der Waals surface area contributed by atoms with Gasteiger partial charge in [0.2, 0.25) is 0 Å². The van der Waals surface area contributed by atoms with E-state index in [4.69, 9.17) is 4.74 Å². The number of benzene rings is 1. The first-order valence-corrected chi connectivity index (χ1v) is 11.3. The summed E-state index contributed by atoms with van der Waals surface area (Å²) in [6, 6.07) is 7.35. The molecule has 0 fully saturated rings. The lowest BCUT2D eigenvalue weighted by Crippen LogP contribution is -2.27. The molecule has 0 aliphatic heterocycles. The lowest BCUT2D eigenvalue weighted by molar-refractivity contribution is -0.205. The number of ether oxygens (including phenoxy) is 2. The molecule has 1 aromatic carbocycles. The Morgan fingerprint density at radius 1 is 1.17 bits per heavy atom. The molecule has 0 aliphatic carbocycles. The summed E-state index contributed by atoms with van der Waals surface area (Å²) in [4.78, 5) is 11.2. The largest absolute Gasteiger partial charge is 0.497 e. The predicted octanol–water partition coefficient (Wildman–Crippen LogP) is 5.13. The highest BCUT2D eigenvalue weighted by molar-refractivity contribution is 6.76. The summed E-state index contributed by atoms with van der Waals surface area (Å²) < 4.78 is 47.1. The monoisotopic (exact) mass is 360 g/mol. The Kier molecular flexibility index (Phi) is 7.07. The van der Waals surface area contributed by atoms with Gasteiger partial charge in [0.05, 0.1) is 7.11 Å². The molecule has 0 amide bonds. The zero-order valence-electron chi connectivity index (χ0n) is 14.3. The van der Waals surface area contributed by atoms with Crippen molar-refractivity contribution < 1.29 is 27.4 Å². The van der Waals surface area contributed by atoms with Gasteiger partial charge in [-0.05, 0) is 23.7 Å². The van der Waals surface area contributed by atoms with Crippen molar-refractivity contribution in [1.29, 1.82) is 0 Å². The summed E-state index contributed by atoms with van der Waals surface area (Å²) in [6.07, 6.45) is -2.07. The number of methoxy groups -OCH3 is 1. The van der Waals surface area contributed by atoms with E-state index < -0.39 is 26.3 Å². The summed E-state index contributed by atoms with van der Waals surface area (Å²) in [7, 11) is 0.221.